The Morgan fingerprint density at radius 3 is 2.56 bits per heavy atom. The van der Waals surface area contributed by atoms with Gasteiger partial charge in [0.25, 0.3) is 0 Å². The fraction of sp³-hybridized carbons (Fsp3) is 0.600. The number of phenolic OH excluding ortho intramolecular Hbond substituents is 1. The molecule has 2 N–H and O–H groups in total. The molecule has 1 saturated carbocycles. The maximum Gasteiger partial charge on any atom is 0.115 e. The van der Waals surface area contributed by atoms with Gasteiger partial charge in [0.05, 0.1) is 0 Å². The number of hydrogen-bond donors (Lipinski definition) is 2. The Bertz CT molecular complexity index is 371. The summed E-state index contributed by atoms with van der Waals surface area (Å²) in [6.07, 6.45) is 3.77. The molecule has 0 spiro atoms. The second-order valence-corrected chi connectivity index (χ2v) is 5.44. The Morgan fingerprint density at radius 2 is 2.00 bits per heavy atom. The SMILES string of the molecule is COCCC1(CNC(C)c2ccc(O)cc2)CC1. The summed E-state index contributed by atoms with van der Waals surface area (Å²) < 4.78 is 5.17. The number of phenols is 1. The topological polar surface area (TPSA) is 41.5 Å². The third-order valence-electron chi connectivity index (χ3n) is 3.97. The molecule has 1 fully saturated rings. The largest absolute Gasteiger partial charge is 0.508 e. The first-order chi connectivity index (χ1) is 8.65. The van der Waals surface area contributed by atoms with Gasteiger partial charge in [-0.3, -0.25) is 0 Å². The van der Waals surface area contributed by atoms with Crippen LogP contribution in [0.25, 0.3) is 0 Å². The van der Waals surface area contributed by atoms with E-state index in [9.17, 15) is 5.11 Å². The first-order valence-electron chi connectivity index (χ1n) is 6.66. The van der Waals surface area contributed by atoms with Gasteiger partial charge in [0.1, 0.15) is 5.75 Å². The number of methoxy groups -OCH3 is 1. The molecule has 1 atom stereocenters. The lowest BCUT2D eigenvalue weighted by atomic mass is 10.0. The summed E-state index contributed by atoms with van der Waals surface area (Å²) in [6.45, 7) is 4.08. The van der Waals surface area contributed by atoms with E-state index in [0.29, 0.717) is 17.2 Å². The average Bonchev–Trinajstić information content (AvgIpc) is 3.15. The Hall–Kier alpha value is -1.06. The van der Waals surface area contributed by atoms with Crippen LogP contribution < -0.4 is 5.32 Å². The minimum atomic E-state index is 0.324. The first-order valence-corrected chi connectivity index (χ1v) is 6.66. The Balaban J connectivity index is 1.81. The predicted octanol–water partition coefficient (Wildman–Crippen LogP) is 2.86. The molecule has 1 aliphatic rings. The normalized spacial score (nSPS) is 18.6. The van der Waals surface area contributed by atoms with E-state index < -0.39 is 0 Å². The van der Waals surface area contributed by atoms with Gasteiger partial charge in [-0.25, -0.2) is 0 Å². The van der Waals surface area contributed by atoms with Crippen molar-refractivity contribution < 1.29 is 9.84 Å². The summed E-state index contributed by atoms with van der Waals surface area (Å²) in [6, 6.07) is 7.76. The highest BCUT2D eigenvalue weighted by Gasteiger charge is 2.41. The van der Waals surface area contributed by atoms with Crippen LogP contribution in [-0.2, 0) is 4.74 Å². The lowest BCUT2D eigenvalue weighted by Gasteiger charge is -2.20. The third-order valence-corrected chi connectivity index (χ3v) is 3.97. The maximum atomic E-state index is 9.27. The van der Waals surface area contributed by atoms with Gasteiger partial charge in [0.2, 0.25) is 0 Å². The van der Waals surface area contributed by atoms with Crippen molar-refractivity contribution in [3.8, 4) is 5.75 Å². The van der Waals surface area contributed by atoms with Gasteiger partial charge < -0.3 is 15.2 Å². The highest BCUT2D eigenvalue weighted by molar-refractivity contribution is 5.27. The summed E-state index contributed by atoms with van der Waals surface area (Å²) >= 11 is 0. The molecule has 1 aliphatic carbocycles. The lowest BCUT2D eigenvalue weighted by Crippen LogP contribution is -2.27. The number of ether oxygens (including phenoxy) is 1. The number of rotatable bonds is 7. The molecule has 0 amide bonds. The van der Waals surface area contributed by atoms with E-state index in [0.717, 1.165) is 19.6 Å². The number of hydrogen-bond acceptors (Lipinski definition) is 3. The second-order valence-electron chi connectivity index (χ2n) is 5.44. The van der Waals surface area contributed by atoms with Crippen LogP contribution in [0.2, 0.25) is 0 Å². The summed E-state index contributed by atoms with van der Waals surface area (Å²) in [5, 5.41) is 12.9. The van der Waals surface area contributed by atoms with E-state index in [1.54, 1.807) is 19.2 Å². The van der Waals surface area contributed by atoms with Gasteiger partial charge >= 0.3 is 0 Å². The van der Waals surface area contributed by atoms with Crippen LogP contribution in [0.4, 0.5) is 0 Å². The highest BCUT2D eigenvalue weighted by Crippen LogP contribution is 2.48. The lowest BCUT2D eigenvalue weighted by molar-refractivity contribution is 0.170. The van der Waals surface area contributed by atoms with Crippen molar-refractivity contribution in [2.45, 2.75) is 32.2 Å². The predicted molar refractivity (Wildman–Crippen MR) is 72.7 cm³/mol. The van der Waals surface area contributed by atoms with Gasteiger partial charge in [-0.15, -0.1) is 0 Å². The van der Waals surface area contributed by atoms with Crippen molar-refractivity contribution in [3.63, 3.8) is 0 Å². The molecule has 1 unspecified atom stereocenters. The minimum Gasteiger partial charge on any atom is -0.508 e. The van der Waals surface area contributed by atoms with Crippen molar-refractivity contribution >= 4 is 0 Å². The van der Waals surface area contributed by atoms with E-state index >= 15 is 0 Å². The minimum absolute atomic E-state index is 0.324. The molecule has 18 heavy (non-hydrogen) atoms. The molecule has 0 radical (unpaired) electrons. The molecule has 0 bridgehead atoms. The fourth-order valence-electron chi connectivity index (χ4n) is 2.26. The molecule has 0 aromatic heterocycles. The summed E-state index contributed by atoms with van der Waals surface area (Å²) in [4.78, 5) is 0. The van der Waals surface area contributed by atoms with Crippen LogP contribution >= 0.6 is 0 Å². The first kappa shape index (κ1) is 13.4. The zero-order valence-electron chi connectivity index (χ0n) is 11.3. The fourth-order valence-corrected chi connectivity index (χ4v) is 2.26. The molecule has 1 aromatic carbocycles. The molecule has 1 aromatic rings. The molecular weight excluding hydrogens is 226 g/mol. The van der Waals surface area contributed by atoms with Crippen LogP contribution in [-0.4, -0.2) is 25.4 Å². The summed E-state index contributed by atoms with van der Waals surface area (Å²) in [5.74, 6) is 0.324. The summed E-state index contributed by atoms with van der Waals surface area (Å²) in [5.41, 5.74) is 1.69. The van der Waals surface area contributed by atoms with Crippen molar-refractivity contribution in [3.05, 3.63) is 29.8 Å². The Labute approximate surface area is 109 Å². The molecule has 2 rings (SSSR count). The monoisotopic (exact) mass is 249 g/mol. The highest BCUT2D eigenvalue weighted by atomic mass is 16.5. The van der Waals surface area contributed by atoms with Gasteiger partial charge in [-0.2, -0.15) is 0 Å². The van der Waals surface area contributed by atoms with Crippen molar-refractivity contribution in [2.75, 3.05) is 20.3 Å². The van der Waals surface area contributed by atoms with Crippen molar-refractivity contribution in [1.82, 2.24) is 5.32 Å². The molecule has 0 heterocycles. The number of nitrogens with one attached hydrogen (secondary N) is 1. The van der Waals surface area contributed by atoms with Gasteiger partial charge in [-0.1, -0.05) is 12.1 Å². The van der Waals surface area contributed by atoms with E-state index in [2.05, 4.69) is 12.2 Å². The molecular formula is C15H23NO2. The number of aromatic hydroxyl groups is 1. The van der Waals surface area contributed by atoms with E-state index in [4.69, 9.17) is 4.74 Å². The van der Waals surface area contributed by atoms with Crippen LogP contribution in [0.5, 0.6) is 5.75 Å². The third kappa shape index (κ3) is 3.47. The molecule has 100 valence electrons. The van der Waals surface area contributed by atoms with Crippen LogP contribution in [0.15, 0.2) is 24.3 Å². The second kappa shape index (κ2) is 5.72. The molecule has 3 nitrogen and oxygen atoms in total. The smallest absolute Gasteiger partial charge is 0.115 e. The summed E-state index contributed by atoms with van der Waals surface area (Å²) in [7, 11) is 1.77. The van der Waals surface area contributed by atoms with E-state index in [-0.39, 0.29) is 0 Å². The standard InChI is InChI=1S/C15H23NO2/c1-12(13-3-5-14(17)6-4-13)16-11-15(7-8-15)9-10-18-2/h3-6,12,16-17H,7-11H2,1-2H3. The molecule has 0 saturated heterocycles. The molecule has 3 heteroatoms. The van der Waals surface area contributed by atoms with Gasteiger partial charge in [0, 0.05) is 26.3 Å². The Kier molecular flexibility index (Phi) is 4.25. The van der Waals surface area contributed by atoms with Crippen LogP contribution in [0.3, 0.4) is 0 Å². The van der Waals surface area contributed by atoms with Crippen molar-refractivity contribution in [2.24, 2.45) is 5.41 Å². The van der Waals surface area contributed by atoms with Crippen LogP contribution in [0, 0.1) is 5.41 Å². The quantitative estimate of drug-likeness (QED) is 0.780. The number of benzene rings is 1. The zero-order chi connectivity index (χ0) is 13.0. The zero-order valence-corrected chi connectivity index (χ0v) is 11.3. The van der Waals surface area contributed by atoms with Crippen molar-refractivity contribution in [1.29, 1.82) is 0 Å². The van der Waals surface area contributed by atoms with E-state index in [1.165, 1.54) is 18.4 Å². The van der Waals surface area contributed by atoms with Gasteiger partial charge in [-0.05, 0) is 49.3 Å². The average molecular weight is 249 g/mol. The maximum absolute atomic E-state index is 9.27. The molecule has 0 aliphatic heterocycles. The van der Waals surface area contributed by atoms with Gasteiger partial charge in [0.15, 0.2) is 0 Å². The van der Waals surface area contributed by atoms with E-state index in [1.807, 2.05) is 12.1 Å². The Morgan fingerprint density at radius 1 is 1.33 bits per heavy atom. The van der Waals surface area contributed by atoms with Crippen LogP contribution in [0.1, 0.15) is 37.8 Å².